The van der Waals surface area contributed by atoms with Crippen molar-refractivity contribution in [3.63, 3.8) is 0 Å². The molecular weight excluding hydrogens is 389 g/mol. The maximum Gasteiger partial charge on any atom is 0.254 e. The number of ether oxygens (including phenoxy) is 1. The van der Waals surface area contributed by atoms with Crippen LogP contribution >= 0.6 is 0 Å². The first-order chi connectivity index (χ1) is 14.4. The van der Waals surface area contributed by atoms with E-state index in [-0.39, 0.29) is 28.6 Å². The van der Waals surface area contributed by atoms with Gasteiger partial charge in [0, 0.05) is 31.1 Å². The second kappa shape index (κ2) is 7.62. The van der Waals surface area contributed by atoms with Gasteiger partial charge < -0.3 is 9.64 Å². The van der Waals surface area contributed by atoms with Gasteiger partial charge >= 0.3 is 0 Å². The van der Waals surface area contributed by atoms with E-state index in [1.807, 2.05) is 28.9 Å². The zero-order chi connectivity index (χ0) is 22.6. The first kappa shape index (κ1) is 21.8. The lowest BCUT2D eigenvalue weighted by Gasteiger charge is -2.42. The van der Waals surface area contributed by atoms with E-state index >= 15 is 0 Å². The molecule has 162 valence electrons. The van der Waals surface area contributed by atoms with Crippen molar-refractivity contribution in [2.45, 2.75) is 59.6 Å². The SMILES string of the molecule is [B]C1CN(C(=O)c2ccc(-n3ncc4c3CC(C)(C)CC4=O)cc2)CC(C(C)(C)C)O1. The number of nitrogens with zero attached hydrogens (tertiary/aromatic N) is 3. The molecule has 31 heavy (non-hydrogen) atoms. The molecule has 6 nitrogen and oxygen atoms in total. The number of hydrogen-bond acceptors (Lipinski definition) is 4. The minimum Gasteiger partial charge on any atom is -0.381 e. The number of ketones is 1. The van der Waals surface area contributed by atoms with Crippen LogP contribution in [0.1, 0.15) is 67.4 Å². The Labute approximate surface area is 185 Å². The van der Waals surface area contributed by atoms with Crippen LogP contribution in [0.15, 0.2) is 30.5 Å². The van der Waals surface area contributed by atoms with Gasteiger partial charge in [0.25, 0.3) is 5.91 Å². The van der Waals surface area contributed by atoms with E-state index < -0.39 is 6.00 Å². The number of carbonyl (C=O) groups excluding carboxylic acids is 2. The average Bonchev–Trinajstić information content (AvgIpc) is 3.09. The molecule has 1 saturated heterocycles. The molecule has 1 aliphatic carbocycles. The number of Topliss-reactive ketones (excluding diaryl/α,β-unsaturated/α-hetero) is 1. The number of amides is 1. The largest absolute Gasteiger partial charge is 0.381 e. The molecule has 2 unspecified atom stereocenters. The fraction of sp³-hybridized carbons (Fsp3) is 0.542. The lowest BCUT2D eigenvalue weighted by molar-refractivity contribution is -0.0877. The van der Waals surface area contributed by atoms with Gasteiger partial charge in [-0.15, -0.1) is 0 Å². The van der Waals surface area contributed by atoms with Gasteiger partial charge in [0.05, 0.1) is 29.2 Å². The third-order valence-electron chi connectivity index (χ3n) is 6.19. The van der Waals surface area contributed by atoms with Crippen molar-refractivity contribution < 1.29 is 14.3 Å². The highest BCUT2D eigenvalue weighted by molar-refractivity contribution is 6.11. The van der Waals surface area contributed by atoms with Crippen molar-refractivity contribution in [2.75, 3.05) is 13.1 Å². The van der Waals surface area contributed by atoms with E-state index in [9.17, 15) is 9.59 Å². The standard InChI is InChI=1S/C24H30BN3O3/c1-23(2,3)20-13-27(14-21(25)31-20)22(30)15-6-8-16(9-7-15)28-18-10-24(4,5)11-19(29)17(18)12-26-28/h6-9,12,20-21H,10-11,13-14H2,1-5H3. The number of hydrogen-bond donors (Lipinski definition) is 0. The predicted molar refractivity (Wildman–Crippen MR) is 120 cm³/mol. The zero-order valence-electron chi connectivity index (χ0n) is 19.0. The van der Waals surface area contributed by atoms with Crippen LogP contribution in [0.5, 0.6) is 0 Å². The Morgan fingerprint density at radius 3 is 2.48 bits per heavy atom. The maximum absolute atomic E-state index is 13.1. The first-order valence-corrected chi connectivity index (χ1v) is 10.9. The summed E-state index contributed by atoms with van der Waals surface area (Å²) in [5.41, 5.74) is 2.89. The molecule has 2 heterocycles. The molecule has 0 N–H and O–H groups in total. The average molecular weight is 419 g/mol. The number of benzene rings is 1. The molecule has 2 aromatic rings. The summed E-state index contributed by atoms with van der Waals surface area (Å²) in [6, 6.07) is 6.91. The Kier molecular flexibility index (Phi) is 5.36. The third-order valence-corrected chi connectivity index (χ3v) is 6.19. The summed E-state index contributed by atoms with van der Waals surface area (Å²) in [7, 11) is 6.06. The van der Waals surface area contributed by atoms with E-state index in [4.69, 9.17) is 12.6 Å². The minimum absolute atomic E-state index is 0.0571. The molecule has 1 aliphatic heterocycles. The molecule has 2 atom stereocenters. The summed E-state index contributed by atoms with van der Waals surface area (Å²) in [5, 5.41) is 4.46. The normalized spacial score (nSPS) is 23.5. The van der Waals surface area contributed by atoms with E-state index in [0.29, 0.717) is 30.6 Å². The second-order valence-corrected chi connectivity index (χ2v) is 10.6. The fourth-order valence-corrected chi connectivity index (χ4v) is 4.41. The van der Waals surface area contributed by atoms with Crippen molar-refractivity contribution in [1.29, 1.82) is 0 Å². The number of fused-ring (bicyclic) bond motifs is 1. The highest BCUT2D eigenvalue weighted by Gasteiger charge is 2.36. The minimum atomic E-state index is -0.488. The van der Waals surface area contributed by atoms with E-state index in [1.54, 1.807) is 11.1 Å². The van der Waals surface area contributed by atoms with Gasteiger partial charge in [-0.25, -0.2) is 4.68 Å². The van der Waals surface area contributed by atoms with Crippen LogP contribution in [0.2, 0.25) is 0 Å². The molecule has 2 aliphatic rings. The van der Waals surface area contributed by atoms with Crippen LogP contribution in [-0.2, 0) is 11.2 Å². The van der Waals surface area contributed by atoms with Gasteiger partial charge in [-0.1, -0.05) is 34.6 Å². The van der Waals surface area contributed by atoms with E-state index in [0.717, 1.165) is 17.8 Å². The van der Waals surface area contributed by atoms with Crippen molar-refractivity contribution in [3.8, 4) is 5.69 Å². The molecule has 0 spiro atoms. The quantitative estimate of drug-likeness (QED) is 0.700. The van der Waals surface area contributed by atoms with Crippen molar-refractivity contribution >= 4 is 19.5 Å². The third kappa shape index (κ3) is 4.33. The summed E-state index contributed by atoms with van der Waals surface area (Å²) in [6.07, 6.45) is 2.87. The number of carbonyl (C=O) groups is 2. The summed E-state index contributed by atoms with van der Waals surface area (Å²) in [4.78, 5) is 27.4. The monoisotopic (exact) mass is 419 g/mol. The number of morpholine rings is 1. The number of rotatable bonds is 2. The predicted octanol–water partition coefficient (Wildman–Crippen LogP) is 3.41. The maximum atomic E-state index is 13.1. The van der Waals surface area contributed by atoms with Gasteiger partial charge in [-0.05, 0) is 41.5 Å². The molecule has 1 aromatic heterocycles. The molecule has 1 amide bonds. The van der Waals surface area contributed by atoms with Gasteiger partial charge in [-0.3, -0.25) is 9.59 Å². The smallest absolute Gasteiger partial charge is 0.254 e. The van der Waals surface area contributed by atoms with E-state index in [1.165, 1.54) is 0 Å². The van der Waals surface area contributed by atoms with E-state index in [2.05, 4.69) is 39.7 Å². The first-order valence-electron chi connectivity index (χ1n) is 10.9. The zero-order valence-corrected chi connectivity index (χ0v) is 19.0. The highest BCUT2D eigenvalue weighted by Crippen LogP contribution is 2.35. The Morgan fingerprint density at radius 2 is 1.84 bits per heavy atom. The summed E-state index contributed by atoms with van der Waals surface area (Å²) < 4.78 is 7.68. The molecular formula is C24H30BN3O3. The molecule has 7 heteroatoms. The van der Waals surface area contributed by atoms with Crippen LogP contribution in [0.3, 0.4) is 0 Å². The lowest BCUT2D eigenvalue weighted by Crippen LogP contribution is -2.54. The topological polar surface area (TPSA) is 64.4 Å². The molecule has 2 radical (unpaired) electrons. The Bertz CT molecular complexity index is 1000. The van der Waals surface area contributed by atoms with Crippen molar-refractivity contribution in [3.05, 3.63) is 47.3 Å². The van der Waals surface area contributed by atoms with Gasteiger partial charge in [0.1, 0.15) is 7.85 Å². The molecule has 0 saturated carbocycles. The van der Waals surface area contributed by atoms with Crippen molar-refractivity contribution in [1.82, 2.24) is 14.7 Å². The summed E-state index contributed by atoms with van der Waals surface area (Å²) >= 11 is 0. The molecule has 1 aromatic carbocycles. The highest BCUT2D eigenvalue weighted by atomic mass is 16.5. The Balaban J connectivity index is 1.56. The summed E-state index contributed by atoms with van der Waals surface area (Å²) in [5.74, 6) is 0.0831. The second-order valence-electron chi connectivity index (χ2n) is 10.6. The van der Waals surface area contributed by atoms with Crippen molar-refractivity contribution in [2.24, 2.45) is 10.8 Å². The van der Waals surface area contributed by atoms with Crippen LogP contribution < -0.4 is 0 Å². The molecule has 4 rings (SSSR count). The van der Waals surface area contributed by atoms with Gasteiger partial charge in [-0.2, -0.15) is 5.10 Å². The van der Waals surface area contributed by atoms with Crippen LogP contribution in [0, 0.1) is 10.8 Å². The lowest BCUT2D eigenvalue weighted by atomic mass is 9.76. The molecule has 0 bridgehead atoms. The Morgan fingerprint density at radius 1 is 1.16 bits per heavy atom. The summed E-state index contributed by atoms with van der Waals surface area (Å²) in [6.45, 7) is 11.4. The van der Waals surface area contributed by atoms with Gasteiger partial charge in [0.15, 0.2) is 5.78 Å². The number of aromatic nitrogens is 2. The van der Waals surface area contributed by atoms with Crippen LogP contribution in [-0.4, -0.2) is 59.4 Å². The Hall–Kier alpha value is -2.41. The van der Waals surface area contributed by atoms with Gasteiger partial charge in [0.2, 0.25) is 0 Å². The molecule has 1 fully saturated rings. The van der Waals surface area contributed by atoms with Crippen LogP contribution in [0.4, 0.5) is 0 Å². The van der Waals surface area contributed by atoms with Crippen LogP contribution in [0.25, 0.3) is 5.69 Å². The fourth-order valence-electron chi connectivity index (χ4n) is 4.41.